The van der Waals surface area contributed by atoms with E-state index in [-0.39, 0.29) is 18.6 Å². The van der Waals surface area contributed by atoms with Gasteiger partial charge in [-0.05, 0) is 36.8 Å². The Morgan fingerprint density at radius 1 is 1.00 bits per heavy atom. The number of benzene rings is 2. The Morgan fingerprint density at radius 3 is 2.39 bits per heavy atom. The quantitative estimate of drug-likeness (QED) is 0.747. The highest BCUT2D eigenvalue weighted by atomic mass is 16.5. The minimum atomic E-state index is -0.911. The summed E-state index contributed by atoms with van der Waals surface area (Å²) in [6.45, 7) is 0. The minimum absolute atomic E-state index is 0.0335. The van der Waals surface area contributed by atoms with E-state index >= 15 is 0 Å². The molecule has 0 unspecified atom stereocenters. The molecule has 2 aromatic carbocycles. The lowest BCUT2D eigenvalue weighted by Gasteiger charge is -2.11. The van der Waals surface area contributed by atoms with E-state index in [2.05, 4.69) is 0 Å². The zero-order valence-corrected chi connectivity index (χ0v) is 12.8. The molecule has 5 heteroatoms. The van der Waals surface area contributed by atoms with Crippen LogP contribution in [0.25, 0.3) is 0 Å². The number of carbonyl (C=O) groups is 2. The van der Waals surface area contributed by atoms with Crippen LogP contribution < -0.4 is 9.47 Å². The Hall–Kier alpha value is -2.82. The van der Waals surface area contributed by atoms with Crippen LogP contribution in [0.1, 0.15) is 29.6 Å². The van der Waals surface area contributed by atoms with Gasteiger partial charge in [0.2, 0.25) is 0 Å². The van der Waals surface area contributed by atoms with E-state index in [9.17, 15) is 9.59 Å². The van der Waals surface area contributed by atoms with Crippen molar-refractivity contribution >= 4 is 11.8 Å². The number of Topliss-reactive ketones (excluding diaryl/α,β-unsaturated/α-hetero) is 1. The van der Waals surface area contributed by atoms with Crippen LogP contribution in [0, 0.1) is 0 Å². The molecule has 0 radical (unpaired) electrons. The van der Waals surface area contributed by atoms with Crippen LogP contribution in [0.3, 0.4) is 0 Å². The summed E-state index contributed by atoms with van der Waals surface area (Å²) >= 11 is 0. The molecule has 0 atom stereocenters. The van der Waals surface area contributed by atoms with Crippen molar-refractivity contribution in [1.82, 2.24) is 0 Å². The summed E-state index contributed by atoms with van der Waals surface area (Å²) in [5, 5.41) is 8.65. The number of hydrogen-bond acceptors (Lipinski definition) is 4. The van der Waals surface area contributed by atoms with E-state index < -0.39 is 5.97 Å². The van der Waals surface area contributed by atoms with Gasteiger partial charge < -0.3 is 14.6 Å². The van der Waals surface area contributed by atoms with Gasteiger partial charge in [0, 0.05) is 12.8 Å². The van der Waals surface area contributed by atoms with E-state index in [1.807, 2.05) is 30.3 Å². The van der Waals surface area contributed by atoms with Crippen LogP contribution in [-0.4, -0.2) is 24.0 Å². The van der Waals surface area contributed by atoms with Crippen molar-refractivity contribution < 1.29 is 24.2 Å². The largest absolute Gasteiger partial charge is 0.496 e. The average molecular weight is 314 g/mol. The topological polar surface area (TPSA) is 72.8 Å². The van der Waals surface area contributed by atoms with Gasteiger partial charge in [-0.3, -0.25) is 9.59 Å². The second kappa shape index (κ2) is 7.98. The van der Waals surface area contributed by atoms with Crippen LogP contribution >= 0.6 is 0 Å². The number of ketones is 1. The predicted octanol–water partition coefficient (Wildman–Crippen LogP) is 3.93. The maximum Gasteiger partial charge on any atom is 0.303 e. The monoisotopic (exact) mass is 314 g/mol. The SMILES string of the molecule is COc1ccc(Oc2ccccc2)cc1C(=O)CCCC(=O)O. The number of aliphatic carboxylic acids is 1. The normalized spacial score (nSPS) is 10.1. The zero-order chi connectivity index (χ0) is 16.7. The minimum Gasteiger partial charge on any atom is -0.496 e. The standard InChI is InChI=1S/C18H18O5/c1-22-17-11-10-14(23-13-6-3-2-4-7-13)12-15(17)16(19)8-5-9-18(20)21/h2-4,6-7,10-12H,5,8-9H2,1H3,(H,20,21). The third kappa shape index (κ3) is 4.85. The van der Waals surface area contributed by atoms with E-state index in [4.69, 9.17) is 14.6 Å². The van der Waals surface area contributed by atoms with Crippen LogP contribution in [0.4, 0.5) is 0 Å². The molecule has 1 N–H and O–H groups in total. The Kier molecular flexibility index (Phi) is 5.74. The number of rotatable bonds is 8. The number of hydrogen-bond donors (Lipinski definition) is 1. The molecule has 0 aliphatic heterocycles. The summed E-state index contributed by atoms with van der Waals surface area (Å²) in [7, 11) is 1.49. The van der Waals surface area contributed by atoms with Crippen LogP contribution in [-0.2, 0) is 4.79 Å². The number of carboxylic acids is 1. The lowest BCUT2D eigenvalue weighted by atomic mass is 10.0. The molecule has 0 heterocycles. The van der Waals surface area contributed by atoms with Gasteiger partial charge in [0.25, 0.3) is 0 Å². The van der Waals surface area contributed by atoms with Gasteiger partial charge in [-0.25, -0.2) is 0 Å². The molecule has 0 fully saturated rings. The Labute approximate surface area is 134 Å². The highest BCUT2D eigenvalue weighted by Crippen LogP contribution is 2.28. The molecule has 23 heavy (non-hydrogen) atoms. The fourth-order valence-corrected chi connectivity index (χ4v) is 2.13. The number of carbonyl (C=O) groups excluding carboxylic acids is 1. The summed E-state index contributed by atoms with van der Waals surface area (Å²) < 4.78 is 10.9. The van der Waals surface area contributed by atoms with Crippen LogP contribution in [0.2, 0.25) is 0 Å². The molecular formula is C18H18O5. The summed E-state index contributed by atoms with van der Waals surface area (Å²) in [4.78, 5) is 22.8. The molecule has 2 rings (SSSR count). The third-order valence-electron chi connectivity index (χ3n) is 3.24. The zero-order valence-electron chi connectivity index (χ0n) is 12.8. The number of ether oxygens (including phenoxy) is 2. The Bertz CT molecular complexity index is 679. The molecule has 0 aromatic heterocycles. The molecule has 0 saturated heterocycles. The van der Waals surface area contributed by atoms with Crippen molar-refractivity contribution in [3.05, 3.63) is 54.1 Å². The first-order chi connectivity index (χ1) is 11.1. The van der Waals surface area contributed by atoms with Gasteiger partial charge in [0.1, 0.15) is 17.2 Å². The molecule has 0 aliphatic rings. The fourth-order valence-electron chi connectivity index (χ4n) is 2.13. The first-order valence-electron chi connectivity index (χ1n) is 7.26. The van der Waals surface area contributed by atoms with Crippen molar-refractivity contribution in [3.63, 3.8) is 0 Å². The maximum absolute atomic E-state index is 12.3. The average Bonchev–Trinajstić information content (AvgIpc) is 2.55. The van der Waals surface area contributed by atoms with E-state index in [0.29, 0.717) is 29.2 Å². The smallest absolute Gasteiger partial charge is 0.303 e. The molecular weight excluding hydrogens is 296 g/mol. The van der Waals surface area contributed by atoms with Gasteiger partial charge in [0.05, 0.1) is 12.7 Å². The summed E-state index contributed by atoms with van der Waals surface area (Å²) in [6.07, 6.45) is 0.410. The summed E-state index contributed by atoms with van der Waals surface area (Å²) in [5.74, 6) is 0.568. The lowest BCUT2D eigenvalue weighted by molar-refractivity contribution is -0.137. The van der Waals surface area contributed by atoms with E-state index in [1.54, 1.807) is 18.2 Å². The fraction of sp³-hybridized carbons (Fsp3) is 0.222. The molecule has 0 amide bonds. The number of carboxylic acid groups (broad SMARTS) is 1. The molecule has 2 aromatic rings. The second-order valence-corrected chi connectivity index (χ2v) is 4.95. The van der Waals surface area contributed by atoms with Gasteiger partial charge in [-0.15, -0.1) is 0 Å². The van der Waals surface area contributed by atoms with Gasteiger partial charge in [-0.2, -0.15) is 0 Å². The molecule has 0 bridgehead atoms. The maximum atomic E-state index is 12.3. The highest BCUT2D eigenvalue weighted by Gasteiger charge is 2.14. The van der Waals surface area contributed by atoms with Crippen molar-refractivity contribution in [1.29, 1.82) is 0 Å². The number of methoxy groups -OCH3 is 1. The molecule has 0 saturated carbocycles. The third-order valence-corrected chi connectivity index (χ3v) is 3.24. The van der Waals surface area contributed by atoms with Crippen molar-refractivity contribution in [2.45, 2.75) is 19.3 Å². The van der Waals surface area contributed by atoms with Crippen molar-refractivity contribution in [3.8, 4) is 17.2 Å². The first-order valence-corrected chi connectivity index (χ1v) is 7.26. The van der Waals surface area contributed by atoms with Gasteiger partial charge in [-0.1, -0.05) is 18.2 Å². The molecule has 0 aliphatic carbocycles. The Morgan fingerprint density at radius 2 is 1.74 bits per heavy atom. The Balaban J connectivity index is 2.15. The second-order valence-electron chi connectivity index (χ2n) is 4.95. The van der Waals surface area contributed by atoms with Crippen LogP contribution in [0.15, 0.2) is 48.5 Å². The van der Waals surface area contributed by atoms with Gasteiger partial charge >= 0.3 is 5.97 Å². The predicted molar refractivity (Wildman–Crippen MR) is 85.3 cm³/mol. The number of para-hydroxylation sites is 1. The van der Waals surface area contributed by atoms with Gasteiger partial charge in [0.15, 0.2) is 5.78 Å². The van der Waals surface area contributed by atoms with Crippen LogP contribution in [0.5, 0.6) is 17.2 Å². The highest BCUT2D eigenvalue weighted by molar-refractivity contribution is 5.99. The summed E-state index contributed by atoms with van der Waals surface area (Å²) in [5.41, 5.74) is 0.395. The molecule has 120 valence electrons. The molecule has 0 spiro atoms. The summed E-state index contributed by atoms with van der Waals surface area (Å²) in [6, 6.07) is 14.3. The lowest BCUT2D eigenvalue weighted by Crippen LogP contribution is -2.04. The van der Waals surface area contributed by atoms with Crippen molar-refractivity contribution in [2.75, 3.05) is 7.11 Å². The van der Waals surface area contributed by atoms with Crippen molar-refractivity contribution in [2.24, 2.45) is 0 Å². The first kappa shape index (κ1) is 16.5. The van der Waals surface area contributed by atoms with E-state index in [1.165, 1.54) is 7.11 Å². The van der Waals surface area contributed by atoms with E-state index in [0.717, 1.165) is 0 Å². The molecule has 5 nitrogen and oxygen atoms in total.